The van der Waals surface area contributed by atoms with Crippen molar-refractivity contribution in [1.82, 2.24) is 0 Å². The predicted octanol–water partition coefficient (Wildman–Crippen LogP) is 4.59. The number of rotatable bonds is 3. The largest absolute Gasteiger partial charge is 0.422 e. The summed E-state index contributed by atoms with van der Waals surface area (Å²) in [4.78, 5) is 23.1. The van der Waals surface area contributed by atoms with Crippen LogP contribution < -0.4 is 4.74 Å². The van der Waals surface area contributed by atoms with E-state index in [1.807, 2.05) is 24.3 Å². The number of fused-ring (bicyclic) bond motifs is 1. The Hall–Kier alpha value is -2.17. The van der Waals surface area contributed by atoms with Gasteiger partial charge in [0.2, 0.25) is 0 Å². The minimum Gasteiger partial charge on any atom is -0.422 e. The number of aldehydes is 1. The number of ether oxygens (including phenoxy) is 1. The van der Waals surface area contributed by atoms with Crippen molar-refractivity contribution in [3.63, 3.8) is 0 Å². The zero-order valence-electron chi connectivity index (χ0n) is 10.7. The summed E-state index contributed by atoms with van der Waals surface area (Å²) in [6.45, 7) is 0. The standard InChI is InChI=1S/C16H9ClO3S/c17-14-12-3-1-2-4-13(12)21-15(14)16(19)20-11-7-5-10(9-18)6-8-11/h1-9H. The Labute approximate surface area is 129 Å². The van der Waals surface area contributed by atoms with Crippen LogP contribution in [0.4, 0.5) is 0 Å². The van der Waals surface area contributed by atoms with Gasteiger partial charge in [-0.2, -0.15) is 0 Å². The normalized spacial score (nSPS) is 10.5. The predicted molar refractivity (Wildman–Crippen MR) is 83.6 cm³/mol. The molecule has 0 N–H and O–H groups in total. The maximum Gasteiger partial charge on any atom is 0.355 e. The summed E-state index contributed by atoms with van der Waals surface area (Å²) in [5, 5.41) is 1.25. The Bertz CT molecular complexity index is 821. The van der Waals surface area contributed by atoms with E-state index < -0.39 is 5.97 Å². The number of thiophene rings is 1. The van der Waals surface area contributed by atoms with E-state index in [1.165, 1.54) is 11.3 Å². The quantitative estimate of drug-likeness (QED) is 0.403. The number of hydrogen-bond donors (Lipinski definition) is 0. The Kier molecular flexibility index (Phi) is 3.73. The Morgan fingerprint density at radius 2 is 1.81 bits per heavy atom. The molecule has 0 unspecified atom stereocenters. The highest BCUT2D eigenvalue weighted by molar-refractivity contribution is 7.21. The number of benzene rings is 2. The van der Waals surface area contributed by atoms with E-state index in [1.54, 1.807) is 24.3 Å². The van der Waals surface area contributed by atoms with E-state index in [0.717, 1.165) is 16.4 Å². The lowest BCUT2D eigenvalue weighted by Gasteiger charge is -2.03. The average molecular weight is 317 g/mol. The average Bonchev–Trinajstić information content (AvgIpc) is 2.86. The lowest BCUT2D eigenvalue weighted by Crippen LogP contribution is -2.06. The van der Waals surface area contributed by atoms with Crippen LogP contribution in [0.1, 0.15) is 20.0 Å². The molecule has 3 nitrogen and oxygen atoms in total. The van der Waals surface area contributed by atoms with Crippen molar-refractivity contribution >= 4 is 45.3 Å². The van der Waals surface area contributed by atoms with E-state index in [2.05, 4.69) is 0 Å². The van der Waals surface area contributed by atoms with Gasteiger partial charge in [0.15, 0.2) is 0 Å². The van der Waals surface area contributed by atoms with Gasteiger partial charge in [0.25, 0.3) is 0 Å². The van der Waals surface area contributed by atoms with E-state index in [0.29, 0.717) is 21.2 Å². The molecule has 0 amide bonds. The number of esters is 1. The third-order valence-corrected chi connectivity index (χ3v) is 4.60. The number of carbonyl (C=O) groups excluding carboxylic acids is 2. The number of carbonyl (C=O) groups is 2. The lowest BCUT2D eigenvalue weighted by atomic mass is 10.2. The first-order valence-electron chi connectivity index (χ1n) is 6.13. The van der Waals surface area contributed by atoms with Gasteiger partial charge in [-0.15, -0.1) is 11.3 Å². The molecule has 2 aromatic carbocycles. The van der Waals surface area contributed by atoms with Crippen LogP contribution in [0.15, 0.2) is 48.5 Å². The molecule has 0 atom stereocenters. The maximum atomic E-state index is 12.2. The van der Waals surface area contributed by atoms with Crippen molar-refractivity contribution in [3.8, 4) is 5.75 Å². The number of hydrogen-bond acceptors (Lipinski definition) is 4. The minimum absolute atomic E-state index is 0.373. The highest BCUT2D eigenvalue weighted by atomic mass is 35.5. The van der Waals surface area contributed by atoms with Crippen LogP contribution in [0.3, 0.4) is 0 Å². The van der Waals surface area contributed by atoms with Crippen molar-refractivity contribution in [2.75, 3.05) is 0 Å². The van der Waals surface area contributed by atoms with Gasteiger partial charge in [0.05, 0.1) is 5.02 Å². The molecule has 104 valence electrons. The molecular weight excluding hydrogens is 308 g/mol. The third-order valence-electron chi connectivity index (χ3n) is 2.95. The van der Waals surface area contributed by atoms with Crippen LogP contribution in [0.5, 0.6) is 5.75 Å². The first-order chi connectivity index (χ1) is 10.2. The van der Waals surface area contributed by atoms with Crippen molar-refractivity contribution < 1.29 is 14.3 Å². The van der Waals surface area contributed by atoms with Crippen molar-refractivity contribution in [1.29, 1.82) is 0 Å². The SMILES string of the molecule is O=Cc1ccc(OC(=O)c2sc3ccccc3c2Cl)cc1. The molecule has 1 aromatic heterocycles. The van der Waals surface area contributed by atoms with Crippen molar-refractivity contribution in [3.05, 3.63) is 64.0 Å². The molecule has 21 heavy (non-hydrogen) atoms. The van der Waals surface area contributed by atoms with Gasteiger partial charge in [-0.1, -0.05) is 29.8 Å². The van der Waals surface area contributed by atoms with Crippen molar-refractivity contribution in [2.24, 2.45) is 0 Å². The second-order valence-electron chi connectivity index (χ2n) is 4.32. The van der Waals surface area contributed by atoms with Crippen LogP contribution in [-0.2, 0) is 0 Å². The summed E-state index contributed by atoms with van der Waals surface area (Å²) in [5.74, 6) is -0.126. The first kappa shape index (κ1) is 13.8. The van der Waals surface area contributed by atoms with Gasteiger partial charge in [0.1, 0.15) is 16.9 Å². The van der Waals surface area contributed by atoms with Gasteiger partial charge in [-0.25, -0.2) is 4.79 Å². The van der Waals surface area contributed by atoms with E-state index >= 15 is 0 Å². The summed E-state index contributed by atoms with van der Waals surface area (Å²) in [6.07, 6.45) is 0.731. The molecule has 5 heteroatoms. The fourth-order valence-electron chi connectivity index (χ4n) is 1.91. The highest BCUT2D eigenvalue weighted by Crippen LogP contribution is 2.35. The Morgan fingerprint density at radius 3 is 2.48 bits per heavy atom. The second kappa shape index (κ2) is 5.68. The fourth-order valence-corrected chi connectivity index (χ4v) is 3.30. The molecule has 0 radical (unpaired) electrons. The van der Waals surface area contributed by atoms with Crippen LogP contribution in [-0.4, -0.2) is 12.3 Å². The zero-order valence-corrected chi connectivity index (χ0v) is 12.3. The molecule has 0 spiro atoms. The van der Waals surface area contributed by atoms with Crippen LogP contribution >= 0.6 is 22.9 Å². The molecule has 0 saturated heterocycles. The van der Waals surface area contributed by atoms with Gasteiger partial charge < -0.3 is 4.74 Å². The molecule has 0 aliphatic heterocycles. The topological polar surface area (TPSA) is 43.4 Å². The summed E-state index contributed by atoms with van der Waals surface area (Å²) in [6, 6.07) is 13.8. The molecule has 3 aromatic rings. The Balaban J connectivity index is 1.89. The molecule has 0 fully saturated rings. The smallest absolute Gasteiger partial charge is 0.355 e. The molecular formula is C16H9ClO3S. The molecule has 3 rings (SSSR count). The van der Waals surface area contributed by atoms with Crippen molar-refractivity contribution in [2.45, 2.75) is 0 Å². The minimum atomic E-state index is -0.500. The van der Waals surface area contributed by atoms with Gasteiger partial charge in [0, 0.05) is 15.6 Å². The van der Waals surface area contributed by atoms with Gasteiger partial charge >= 0.3 is 5.97 Å². The number of halogens is 1. The molecule has 0 bridgehead atoms. The molecule has 1 heterocycles. The summed E-state index contributed by atoms with van der Waals surface area (Å²) < 4.78 is 6.22. The van der Waals surface area contributed by atoms with Crippen LogP contribution in [0.2, 0.25) is 5.02 Å². The van der Waals surface area contributed by atoms with E-state index in [4.69, 9.17) is 16.3 Å². The van der Waals surface area contributed by atoms with Gasteiger partial charge in [-0.05, 0) is 30.3 Å². The fraction of sp³-hybridized carbons (Fsp3) is 0. The van der Waals surface area contributed by atoms with Crippen LogP contribution in [0, 0.1) is 0 Å². The molecule has 0 saturated carbocycles. The van der Waals surface area contributed by atoms with E-state index in [-0.39, 0.29) is 0 Å². The Morgan fingerprint density at radius 1 is 1.10 bits per heavy atom. The summed E-state index contributed by atoms with van der Waals surface area (Å²) >= 11 is 7.53. The molecule has 0 aliphatic rings. The van der Waals surface area contributed by atoms with Crippen LogP contribution in [0.25, 0.3) is 10.1 Å². The summed E-state index contributed by atoms with van der Waals surface area (Å²) in [5.41, 5.74) is 0.523. The monoisotopic (exact) mass is 316 g/mol. The zero-order chi connectivity index (χ0) is 14.8. The van der Waals surface area contributed by atoms with Gasteiger partial charge in [-0.3, -0.25) is 4.79 Å². The second-order valence-corrected chi connectivity index (χ2v) is 5.75. The highest BCUT2D eigenvalue weighted by Gasteiger charge is 2.18. The maximum absolute atomic E-state index is 12.2. The first-order valence-corrected chi connectivity index (χ1v) is 7.33. The lowest BCUT2D eigenvalue weighted by molar-refractivity contribution is 0.0740. The van der Waals surface area contributed by atoms with E-state index in [9.17, 15) is 9.59 Å². The third kappa shape index (κ3) is 2.68. The molecule has 0 aliphatic carbocycles. The summed E-state index contributed by atoms with van der Waals surface area (Å²) in [7, 11) is 0.